The van der Waals surface area contributed by atoms with E-state index in [0.717, 1.165) is 36.4 Å². The van der Waals surface area contributed by atoms with Crippen LogP contribution in [0.4, 0.5) is 18.9 Å². The standard InChI is InChI=1S/C14H9F3N2O2/c15-10-3-1-7(13(18)20)5-9(10)14(21)19-8-2-4-11(16)12(17)6-8/h1-6H,(H2,18,20)(H,19,21). The van der Waals surface area contributed by atoms with Crippen molar-refractivity contribution in [3.63, 3.8) is 0 Å². The second-order valence-corrected chi connectivity index (χ2v) is 4.14. The van der Waals surface area contributed by atoms with Gasteiger partial charge in [0, 0.05) is 17.3 Å². The zero-order valence-corrected chi connectivity index (χ0v) is 10.5. The first-order chi connectivity index (χ1) is 9.88. The Kier molecular flexibility index (Phi) is 3.93. The van der Waals surface area contributed by atoms with Crippen molar-refractivity contribution in [1.29, 1.82) is 0 Å². The van der Waals surface area contributed by atoms with Crippen LogP contribution in [0, 0.1) is 17.5 Å². The topological polar surface area (TPSA) is 72.2 Å². The molecule has 0 spiro atoms. The number of hydrogen-bond donors (Lipinski definition) is 2. The maximum Gasteiger partial charge on any atom is 0.258 e. The van der Waals surface area contributed by atoms with Crippen molar-refractivity contribution in [3.05, 3.63) is 65.0 Å². The molecule has 2 aromatic rings. The molecular formula is C14H9F3N2O2. The molecule has 108 valence electrons. The molecule has 7 heteroatoms. The minimum absolute atomic E-state index is 0.0492. The number of nitrogens with two attached hydrogens (primary N) is 1. The monoisotopic (exact) mass is 294 g/mol. The second-order valence-electron chi connectivity index (χ2n) is 4.14. The van der Waals surface area contributed by atoms with E-state index in [2.05, 4.69) is 5.32 Å². The van der Waals surface area contributed by atoms with Gasteiger partial charge in [-0.1, -0.05) is 0 Å². The Labute approximate surface area is 117 Å². The van der Waals surface area contributed by atoms with Crippen molar-refractivity contribution in [1.82, 2.24) is 0 Å². The summed E-state index contributed by atoms with van der Waals surface area (Å²) in [5.41, 5.74) is 4.50. The Hall–Kier alpha value is -2.83. The molecule has 21 heavy (non-hydrogen) atoms. The molecule has 2 aromatic carbocycles. The zero-order chi connectivity index (χ0) is 15.6. The third-order valence-corrected chi connectivity index (χ3v) is 2.67. The molecule has 0 bridgehead atoms. The molecule has 0 fully saturated rings. The number of carbonyl (C=O) groups is 2. The summed E-state index contributed by atoms with van der Waals surface area (Å²) in [5.74, 6) is -4.84. The molecule has 4 nitrogen and oxygen atoms in total. The molecule has 0 radical (unpaired) electrons. The lowest BCUT2D eigenvalue weighted by atomic mass is 10.1. The van der Waals surface area contributed by atoms with E-state index in [-0.39, 0.29) is 11.3 Å². The van der Waals surface area contributed by atoms with E-state index in [4.69, 9.17) is 5.73 Å². The first-order valence-corrected chi connectivity index (χ1v) is 5.74. The summed E-state index contributed by atoms with van der Waals surface area (Å²) >= 11 is 0. The van der Waals surface area contributed by atoms with Crippen molar-refractivity contribution < 1.29 is 22.8 Å². The van der Waals surface area contributed by atoms with Gasteiger partial charge in [0.05, 0.1) is 5.56 Å². The fraction of sp³-hybridized carbons (Fsp3) is 0. The van der Waals surface area contributed by atoms with Gasteiger partial charge in [-0.3, -0.25) is 9.59 Å². The van der Waals surface area contributed by atoms with Crippen LogP contribution in [0.5, 0.6) is 0 Å². The highest BCUT2D eigenvalue weighted by Crippen LogP contribution is 2.16. The van der Waals surface area contributed by atoms with E-state index in [0.29, 0.717) is 0 Å². The SMILES string of the molecule is NC(=O)c1ccc(F)c(C(=O)Nc2ccc(F)c(F)c2)c1. The molecule has 0 aliphatic heterocycles. The predicted molar refractivity (Wildman–Crippen MR) is 69.2 cm³/mol. The van der Waals surface area contributed by atoms with Crippen molar-refractivity contribution in [2.24, 2.45) is 5.73 Å². The van der Waals surface area contributed by atoms with Gasteiger partial charge in [0.2, 0.25) is 5.91 Å². The van der Waals surface area contributed by atoms with E-state index in [1.165, 1.54) is 0 Å². The summed E-state index contributed by atoms with van der Waals surface area (Å²) in [4.78, 5) is 22.9. The lowest BCUT2D eigenvalue weighted by Crippen LogP contribution is -2.17. The average molecular weight is 294 g/mol. The van der Waals surface area contributed by atoms with Crippen LogP contribution >= 0.6 is 0 Å². The van der Waals surface area contributed by atoms with Gasteiger partial charge in [0.25, 0.3) is 5.91 Å². The Morgan fingerprint density at radius 2 is 1.57 bits per heavy atom. The highest BCUT2D eigenvalue weighted by molar-refractivity contribution is 6.06. The van der Waals surface area contributed by atoms with Gasteiger partial charge in [0.15, 0.2) is 11.6 Å². The number of primary amides is 1. The Balaban J connectivity index is 2.29. The van der Waals surface area contributed by atoms with Crippen LogP contribution < -0.4 is 11.1 Å². The molecule has 0 atom stereocenters. The highest BCUT2D eigenvalue weighted by Gasteiger charge is 2.15. The number of carbonyl (C=O) groups excluding carboxylic acids is 2. The Morgan fingerprint density at radius 1 is 0.905 bits per heavy atom. The number of anilines is 1. The van der Waals surface area contributed by atoms with Gasteiger partial charge < -0.3 is 11.1 Å². The van der Waals surface area contributed by atoms with Gasteiger partial charge in [-0.15, -0.1) is 0 Å². The molecule has 0 unspecified atom stereocenters. The maximum absolute atomic E-state index is 13.6. The van der Waals surface area contributed by atoms with E-state index >= 15 is 0 Å². The summed E-state index contributed by atoms with van der Waals surface area (Å²) in [6.07, 6.45) is 0. The van der Waals surface area contributed by atoms with Crippen molar-refractivity contribution in [2.75, 3.05) is 5.32 Å². The van der Waals surface area contributed by atoms with Gasteiger partial charge in [-0.25, -0.2) is 13.2 Å². The Bertz CT molecular complexity index is 732. The van der Waals surface area contributed by atoms with Gasteiger partial charge >= 0.3 is 0 Å². The largest absolute Gasteiger partial charge is 0.366 e. The number of hydrogen-bond acceptors (Lipinski definition) is 2. The van der Waals surface area contributed by atoms with Crippen molar-refractivity contribution in [3.8, 4) is 0 Å². The zero-order valence-electron chi connectivity index (χ0n) is 10.5. The van der Waals surface area contributed by atoms with Crippen molar-refractivity contribution >= 4 is 17.5 Å². The van der Waals surface area contributed by atoms with Crippen LogP contribution in [0.2, 0.25) is 0 Å². The molecule has 0 heterocycles. The number of rotatable bonds is 3. The van der Waals surface area contributed by atoms with E-state index < -0.39 is 34.8 Å². The second kappa shape index (κ2) is 5.66. The number of amides is 2. The summed E-state index contributed by atoms with van der Waals surface area (Å²) in [6.45, 7) is 0. The van der Waals surface area contributed by atoms with Crippen LogP contribution in [0.1, 0.15) is 20.7 Å². The average Bonchev–Trinajstić information content (AvgIpc) is 2.43. The lowest BCUT2D eigenvalue weighted by molar-refractivity contribution is 0.1000. The number of nitrogens with one attached hydrogen (secondary N) is 1. The number of benzene rings is 2. The smallest absolute Gasteiger partial charge is 0.258 e. The summed E-state index contributed by atoms with van der Waals surface area (Å²) in [6, 6.07) is 5.72. The van der Waals surface area contributed by atoms with Gasteiger partial charge in [-0.05, 0) is 30.3 Å². The predicted octanol–water partition coefficient (Wildman–Crippen LogP) is 2.46. The van der Waals surface area contributed by atoms with Crippen LogP contribution in [0.15, 0.2) is 36.4 Å². The highest BCUT2D eigenvalue weighted by atomic mass is 19.2. The Morgan fingerprint density at radius 3 is 2.19 bits per heavy atom. The number of halogens is 3. The van der Waals surface area contributed by atoms with Gasteiger partial charge in [-0.2, -0.15) is 0 Å². The van der Waals surface area contributed by atoms with Crippen LogP contribution in [0.3, 0.4) is 0 Å². The summed E-state index contributed by atoms with van der Waals surface area (Å²) < 4.78 is 39.4. The third kappa shape index (κ3) is 3.19. The molecule has 0 aromatic heterocycles. The summed E-state index contributed by atoms with van der Waals surface area (Å²) in [7, 11) is 0. The van der Waals surface area contributed by atoms with Crippen molar-refractivity contribution in [2.45, 2.75) is 0 Å². The molecule has 2 amide bonds. The lowest BCUT2D eigenvalue weighted by Gasteiger charge is -2.07. The molecule has 0 saturated carbocycles. The van der Waals surface area contributed by atoms with Crippen LogP contribution in [-0.4, -0.2) is 11.8 Å². The van der Waals surface area contributed by atoms with E-state index in [1.807, 2.05) is 0 Å². The van der Waals surface area contributed by atoms with E-state index in [1.54, 1.807) is 0 Å². The quantitative estimate of drug-likeness (QED) is 0.912. The first-order valence-electron chi connectivity index (χ1n) is 5.74. The minimum atomic E-state index is -1.15. The molecular weight excluding hydrogens is 285 g/mol. The molecule has 2 rings (SSSR count). The third-order valence-electron chi connectivity index (χ3n) is 2.67. The minimum Gasteiger partial charge on any atom is -0.366 e. The molecule has 3 N–H and O–H groups in total. The van der Waals surface area contributed by atoms with Gasteiger partial charge in [0.1, 0.15) is 5.82 Å². The van der Waals surface area contributed by atoms with Crippen LogP contribution in [-0.2, 0) is 0 Å². The maximum atomic E-state index is 13.6. The fourth-order valence-electron chi connectivity index (χ4n) is 1.62. The first kappa shape index (κ1) is 14.6. The van der Waals surface area contributed by atoms with E-state index in [9.17, 15) is 22.8 Å². The fourth-order valence-corrected chi connectivity index (χ4v) is 1.62. The molecule has 0 aliphatic rings. The normalized spacial score (nSPS) is 10.2. The van der Waals surface area contributed by atoms with Crippen LogP contribution in [0.25, 0.3) is 0 Å². The molecule has 0 saturated heterocycles. The summed E-state index contributed by atoms with van der Waals surface area (Å²) in [5, 5.41) is 2.20. The molecule has 0 aliphatic carbocycles.